The molecule has 0 radical (unpaired) electrons. The van der Waals surface area contributed by atoms with E-state index in [0.717, 1.165) is 37.8 Å². The molecule has 2 heterocycles. The Morgan fingerprint density at radius 2 is 1.79 bits per heavy atom. The molecule has 0 spiro atoms. The van der Waals surface area contributed by atoms with Gasteiger partial charge < -0.3 is 25.0 Å². The highest BCUT2D eigenvalue weighted by molar-refractivity contribution is 7.09. The molecule has 3 rings (SSSR count). The lowest BCUT2D eigenvalue weighted by Gasteiger charge is -2.38. The molecule has 1 aliphatic rings. The molecule has 3 amide bonds. The largest absolute Gasteiger partial charge is 0.467 e. The van der Waals surface area contributed by atoms with E-state index in [4.69, 9.17) is 9.47 Å². The smallest absolute Gasteiger partial charge is 0.328 e. The number of thiazole rings is 1. The van der Waals surface area contributed by atoms with Crippen LogP contribution in [0.1, 0.15) is 87.0 Å². The van der Waals surface area contributed by atoms with Crippen LogP contribution >= 0.6 is 11.3 Å². The van der Waals surface area contributed by atoms with Crippen LogP contribution in [-0.2, 0) is 30.3 Å². The van der Waals surface area contributed by atoms with Crippen LogP contribution in [0.3, 0.4) is 0 Å². The van der Waals surface area contributed by atoms with E-state index >= 15 is 0 Å². The summed E-state index contributed by atoms with van der Waals surface area (Å²) >= 11 is 1.29. The summed E-state index contributed by atoms with van der Waals surface area (Å²) in [5, 5.41) is 8.11. The maximum atomic E-state index is 14.1. The highest BCUT2D eigenvalue weighted by Crippen LogP contribution is 2.30. The highest BCUT2D eigenvalue weighted by atomic mass is 32.1. The molecule has 1 saturated heterocycles. The molecule has 1 aromatic heterocycles. The van der Waals surface area contributed by atoms with Gasteiger partial charge in [-0.2, -0.15) is 0 Å². The first kappa shape index (κ1) is 38.1. The first-order valence-electron chi connectivity index (χ1n) is 16.6. The Labute approximate surface area is 283 Å². The van der Waals surface area contributed by atoms with E-state index in [9.17, 15) is 19.2 Å². The van der Waals surface area contributed by atoms with Gasteiger partial charge in [0.05, 0.1) is 13.2 Å². The van der Waals surface area contributed by atoms with E-state index in [1.54, 1.807) is 24.4 Å². The van der Waals surface area contributed by atoms with Crippen LogP contribution < -0.4 is 10.6 Å². The van der Waals surface area contributed by atoms with Crippen LogP contribution in [-0.4, -0.2) is 97.5 Å². The lowest BCUT2D eigenvalue weighted by Crippen LogP contribution is -2.58. The number of nitrogens with zero attached hydrogens (tertiary/aromatic N) is 3. The van der Waals surface area contributed by atoms with Gasteiger partial charge in [0, 0.05) is 38.4 Å². The molecular weight excluding hydrogens is 618 g/mol. The first-order chi connectivity index (χ1) is 22.4. The molecule has 12 heteroatoms. The van der Waals surface area contributed by atoms with Crippen molar-refractivity contribution in [1.29, 1.82) is 0 Å². The third-order valence-electron chi connectivity index (χ3n) is 9.31. The third kappa shape index (κ3) is 10.3. The number of piperidine rings is 1. The van der Waals surface area contributed by atoms with Crippen molar-refractivity contribution in [2.45, 2.75) is 96.5 Å². The van der Waals surface area contributed by atoms with Gasteiger partial charge in [-0.25, -0.2) is 9.78 Å². The predicted molar refractivity (Wildman–Crippen MR) is 183 cm³/mol. The number of likely N-dealkylation sites (N-methyl/N-ethyl adjacent to an activating group) is 2. The van der Waals surface area contributed by atoms with Crippen LogP contribution in [0.25, 0.3) is 0 Å². The number of methoxy groups -OCH3 is 2. The summed E-state index contributed by atoms with van der Waals surface area (Å²) in [5.41, 5.74) is 1.06. The van der Waals surface area contributed by atoms with Crippen molar-refractivity contribution >= 4 is 35.0 Å². The molecule has 6 atom stereocenters. The number of hydrogen-bond acceptors (Lipinski definition) is 9. The second-order valence-electron chi connectivity index (χ2n) is 12.9. The first-order valence-corrected chi connectivity index (χ1v) is 17.5. The Balaban J connectivity index is 1.74. The maximum absolute atomic E-state index is 14.1. The van der Waals surface area contributed by atoms with E-state index in [-0.39, 0.29) is 47.8 Å². The zero-order valence-electron chi connectivity index (χ0n) is 29.2. The van der Waals surface area contributed by atoms with Crippen molar-refractivity contribution in [1.82, 2.24) is 25.4 Å². The Morgan fingerprint density at radius 1 is 1.09 bits per heavy atom. The fourth-order valence-corrected chi connectivity index (χ4v) is 6.96. The minimum atomic E-state index is -0.874. The van der Waals surface area contributed by atoms with E-state index in [0.29, 0.717) is 11.4 Å². The quantitative estimate of drug-likeness (QED) is 0.254. The number of esters is 1. The number of aromatic nitrogens is 1. The van der Waals surface area contributed by atoms with Gasteiger partial charge in [-0.1, -0.05) is 70.9 Å². The van der Waals surface area contributed by atoms with Gasteiger partial charge in [0.2, 0.25) is 11.8 Å². The summed E-state index contributed by atoms with van der Waals surface area (Å²) in [6.07, 6.45) is 3.83. The number of likely N-dealkylation sites (tertiary alicyclic amines) is 1. The van der Waals surface area contributed by atoms with Gasteiger partial charge >= 0.3 is 5.97 Å². The van der Waals surface area contributed by atoms with E-state index in [1.165, 1.54) is 18.4 Å². The summed E-state index contributed by atoms with van der Waals surface area (Å²) in [4.78, 5) is 61.5. The molecule has 2 N–H and O–H groups in total. The van der Waals surface area contributed by atoms with Crippen LogP contribution in [0.5, 0.6) is 0 Å². The number of hydrogen-bond donors (Lipinski definition) is 2. The summed E-state index contributed by atoms with van der Waals surface area (Å²) in [5.74, 6) is -1.24. The highest BCUT2D eigenvalue weighted by Gasteiger charge is 2.37. The minimum absolute atomic E-state index is 0.0513. The second kappa shape index (κ2) is 18.3. The van der Waals surface area contributed by atoms with Gasteiger partial charge in [0.25, 0.3) is 5.91 Å². The molecule has 0 bridgehead atoms. The Hall–Kier alpha value is -3.35. The molecule has 2 aromatic rings. The molecule has 0 saturated carbocycles. The fourth-order valence-electron chi connectivity index (χ4n) is 6.07. The Morgan fingerprint density at radius 3 is 2.38 bits per heavy atom. The zero-order chi connectivity index (χ0) is 34.7. The van der Waals surface area contributed by atoms with Crippen LogP contribution in [0.15, 0.2) is 35.7 Å². The number of amides is 3. The standard InChI is InChI=1S/C35H53N5O6S/c1-9-23(4)30(38-32(42)27-17-13-14-18-39(27)5)34(43)40(6)28(22(2)3)20-29(45-7)33-37-26(21-47-33)31(41)36-25(35(44)46-8)19-24-15-11-10-12-16-24/h10-12,15-16,21-23,25,27-30H,9,13-14,17-20H2,1-8H3,(H,36,41)(H,38,42)/t23-,25-,27+,28+,29+,30-/m0/s1. The van der Waals surface area contributed by atoms with Crippen molar-refractivity contribution in [2.24, 2.45) is 11.8 Å². The number of nitrogens with one attached hydrogen (secondary N) is 2. The van der Waals surface area contributed by atoms with Gasteiger partial charge in [0.1, 0.15) is 28.9 Å². The average Bonchev–Trinajstić information content (AvgIpc) is 3.57. The van der Waals surface area contributed by atoms with E-state index in [2.05, 4.69) is 34.4 Å². The molecule has 0 aliphatic carbocycles. The number of carbonyl (C=O) groups is 4. The molecular formula is C35H53N5O6S. The summed E-state index contributed by atoms with van der Waals surface area (Å²) < 4.78 is 10.8. The molecule has 11 nitrogen and oxygen atoms in total. The zero-order valence-corrected chi connectivity index (χ0v) is 30.0. The maximum Gasteiger partial charge on any atom is 0.328 e. The van der Waals surface area contributed by atoms with Crippen molar-refractivity contribution in [3.8, 4) is 0 Å². The number of rotatable bonds is 16. The van der Waals surface area contributed by atoms with Gasteiger partial charge in [-0.15, -0.1) is 11.3 Å². The van der Waals surface area contributed by atoms with Crippen molar-refractivity contribution in [3.05, 3.63) is 52.0 Å². The summed E-state index contributed by atoms with van der Waals surface area (Å²) in [6.45, 7) is 8.99. The van der Waals surface area contributed by atoms with Crippen LogP contribution in [0.2, 0.25) is 0 Å². The third-order valence-corrected chi connectivity index (χ3v) is 10.2. The van der Waals surface area contributed by atoms with Gasteiger partial charge in [-0.3, -0.25) is 19.3 Å². The van der Waals surface area contributed by atoms with Gasteiger partial charge in [-0.05, 0) is 43.8 Å². The lowest BCUT2D eigenvalue weighted by atomic mass is 9.92. The minimum Gasteiger partial charge on any atom is -0.467 e. The molecule has 1 aliphatic heterocycles. The van der Waals surface area contributed by atoms with E-state index < -0.39 is 30.1 Å². The number of benzene rings is 1. The van der Waals surface area contributed by atoms with Crippen LogP contribution in [0.4, 0.5) is 0 Å². The normalized spacial score (nSPS) is 18.4. The van der Waals surface area contributed by atoms with Crippen molar-refractivity contribution in [2.75, 3.05) is 34.9 Å². The molecule has 1 fully saturated rings. The van der Waals surface area contributed by atoms with Crippen LogP contribution in [0, 0.1) is 11.8 Å². The topological polar surface area (TPSA) is 130 Å². The molecule has 1 aromatic carbocycles. The number of carbonyl (C=O) groups excluding carboxylic acids is 4. The Kier molecular flexibility index (Phi) is 14.8. The molecule has 0 unspecified atom stereocenters. The summed E-state index contributed by atoms with van der Waals surface area (Å²) in [7, 11) is 6.62. The van der Waals surface area contributed by atoms with Crippen molar-refractivity contribution < 1.29 is 28.7 Å². The number of ether oxygens (including phenoxy) is 2. The lowest BCUT2D eigenvalue weighted by molar-refractivity contribution is -0.143. The second-order valence-corrected chi connectivity index (χ2v) is 13.8. The summed E-state index contributed by atoms with van der Waals surface area (Å²) in [6, 6.07) is 7.40. The predicted octanol–water partition coefficient (Wildman–Crippen LogP) is 4.23. The van der Waals surface area contributed by atoms with Crippen molar-refractivity contribution in [3.63, 3.8) is 0 Å². The fraction of sp³-hybridized carbons (Fsp3) is 0.629. The molecule has 260 valence electrons. The molecule has 47 heavy (non-hydrogen) atoms. The average molecular weight is 672 g/mol. The Bertz CT molecular complexity index is 1320. The van der Waals surface area contributed by atoms with Gasteiger partial charge in [0.15, 0.2) is 0 Å². The SMILES string of the molecule is CC[C@H](C)[C@H](NC(=O)[C@H]1CCCCN1C)C(=O)N(C)[C@H](C[C@@H](OC)c1nc(C(=O)N[C@@H](Cc2ccccc2)C(=O)OC)cs1)C(C)C. The monoisotopic (exact) mass is 671 g/mol. The van der Waals surface area contributed by atoms with E-state index in [1.807, 2.05) is 51.2 Å².